The number of pyridine rings is 1. The number of carbonyl (C=O) groups is 1. The molecule has 1 amide bonds. The van der Waals surface area contributed by atoms with E-state index in [0.29, 0.717) is 28.6 Å². The van der Waals surface area contributed by atoms with E-state index in [0.717, 1.165) is 18.7 Å². The van der Waals surface area contributed by atoms with Crippen LogP contribution in [0, 0.1) is 6.92 Å². The minimum Gasteiger partial charge on any atom is -0.497 e. The van der Waals surface area contributed by atoms with Gasteiger partial charge in [-0.05, 0) is 31.5 Å². The Morgan fingerprint density at radius 2 is 2.00 bits per heavy atom. The van der Waals surface area contributed by atoms with Crippen LogP contribution in [0.5, 0.6) is 17.4 Å². The Balaban J connectivity index is 1.66. The molecule has 0 atom stereocenters. The third-order valence-electron chi connectivity index (χ3n) is 4.04. The van der Waals surface area contributed by atoms with Crippen molar-refractivity contribution in [1.29, 1.82) is 0 Å². The smallest absolute Gasteiger partial charge is 0.259 e. The van der Waals surface area contributed by atoms with E-state index in [1.54, 1.807) is 37.7 Å². The molecule has 2 aromatic heterocycles. The fourth-order valence-electron chi connectivity index (χ4n) is 2.61. The number of aromatic nitrogens is 3. The Morgan fingerprint density at radius 3 is 2.70 bits per heavy atom. The number of ether oxygens (including phenoxy) is 2. The van der Waals surface area contributed by atoms with Crippen LogP contribution in [0.4, 0.5) is 5.69 Å². The summed E-state index contributed by atoms with van der Waals surface area (Å²) in [5.41, 5.74) is 1.99. The molecule has 0 saturated carbocycles. The molecule has 2 heterocycles. The summed E-state index contributed by atoms with van der Waals surface area (Å²) in [5, 5.41) is 7.09. The van der Waals surface area contributed by atoms with Crippen LogP contribution in [0.25, 0.3) is 0 Å². The van der Waals surface area contributed by atoms with Crippen molar-refractivity contribution in [1.82, 2.24) is 14.8 Å². The van der Waals surface area contributed by atoms with Gasteiger partial charge < -0.3 is 14.8 Å². The molecule has 3 aromatic rings. The molecule has 27 heavy (non-hydrogen) atoms. The topological polar surface area (TPSA) is 78.3 Å². The van der Waals surface area contributed by atoms with Crippen molar-refractivity contribution in [2.24, 2.45) is 0 Å². The first-order valence-electron chi connectivity index (χ1n) is 8.72. The molecular weight excluding hydrogens is 344 g/mol. The normalized spacial score (nSPS) is 10.5. The first-order chi connectivity index (χ1) is 13.1. The fourth-order valence-corrected chi connectivity index (χ4v) is 2.61. The maximum Gasteiger partial charge on any atom is 0.259 e. The van der Waals surface area contributed by atoms with Gasteiger partial charge in [-0.1, -0.05) is 13.0 Å². The van der Waals surface area contributed by atoms with Crippen LogP contribution in [-0.4, -0.2) is 27.8 Å². The fraction of sp³-hybridized carbons (Fsp3) is 0.250. The highest BCUT2D eigenvalue weighted by Gasteiger charge is 2.14. The lowest BCUT2D eigenvalue weighted by molar-refractivity contribution is 0.102. The third-order valence-corrected chi connectivity index (χ3v) is 4.04. The Labute approximate surface area is 158 Å². The highest BCUT2D eigenvalue weighted by molar-refractivity contribution is 6.04. The number of amides is 1. The Bertz CT molecular complexity index is 919. The molecule has 0 bridgehead atoms. The monoisotopic (exact) mass is 366 g/mol. The average molecular weight is 366 g/mol. The van der Waals surface area contributed by atoms with Gasteiger partial charge in [-0.2, -0.15) is 5.10 Å². The molecule has 0 aliphatic heterocycles. The number of methoxy groups -OCH3 is 1. The highest BCUT2D eigenvalue weighted by Crippen LogP contribution is 2.24. The molecule has 3 rings (SSSR count). The van der Waals surface area contributed by atoms with E-state index >= 15 is 0 Å². The number of nitrogens with one attached hydrogen (secondary N) is 1. The van der Waals surface area contributed by atoms with E-state index in [2.05, 4.69) is 22.3 Å². The summed E-state index contributed by atoms with van der Waals surface area (Å²) in [6.07, 6.45) is 4.11. The molecule has 1 aromatic carbocycles. The van der Waals surface area contributed by atoms with Gasteiger partial charge in [-0.3, -0.25) is 9.48 Å². The molecule has 7 heteroatoms. The summed E-state index contributed by atoms with van der Waals surface area (Å²) in [4.78, 5) is 16.7. The number of rotatable bonds is 7. The van der Waals surface area contributed by atoms with Crippen molar-refractivity contribution in [2.75, 3.05) is 12.4 Å². The number of hydrogen-bond acceptors (Lipinski definition) is 5. The lowest BCUT2D eigenvalue weighted by atomic mass is 10.2. The zero-order valence-corrected chi connectivity index (χ0v) is 15.6. The summed E-state index contributed by atoms with van der Waals surface area (Å²) in [6.45, 7) is 4.75. The summed E-state index contributed by atoms with van der Waals surface area (Å²) < 4.78 is 12.7. The van der Waals surface area contributed by atoms with Crippen molar-refractivity contribution < 1.29 is 14.3 Å². The Kier molecular flexibility index (Phi) is 5.71. The predicted octanol–water partition coefficient (Wildman–Crippen LogP) is 4.05. The third kappa shape index (κ3) is 4.44. The van der Waals surface area contributed by atoms with E-state index in [9.17, 15) is 4.79 Å². The molecular formula is C20H22N4O3. The lowest BCUT2D eigenvalue weighted by Gasteiger charge is -2.08. The molecule has 7 nitrogen and oxygen atoms in total. The predicted molar refractivity (Wildman–Crippen MR) is 103 cm³/mol. The van der Waals surface area contributed by atoms with Crippen LogP contribution in [0.3, 0.4) is 0 Å². The van der Waals surface area contributed by atoms with Gasteiger partial charge in [0.25, 0.3) is 5.91 Å². The molecule has 0 radical (unpaired) electrons. The summed E-state index contributed by atoms with van der Waals surface area (Å²) in [6, 6.07) is 10.7. The number of hydrogen-bond donors (Lipinski definition) is 1. The molecule has 1 N–H and O–H groups in total. The molecule has 0 spiro atoms. The van der Waals surface area contributed by atoms with Gasteiger partial charge in [-0.25, -0.2) is 4.98 Å². The second kappa shape index (κ2) is 8.35. The zero-order chi connectivity index (χ0) is 19.2. The number of nitrogens with zero attached hydrogens (tertiary/aromatic N) is 3. The maximum atomic E-state index is 12.5. The Morgan fingerprint density at radius 1 is 1.19 bits per heavy atom. The van der Waals surface area contributed by atoms with E-state index < -0.39 is 0 Å². The van der Waals surface area contributed by atoms with Crippen molar-refractivity contribution in [3.8, 4) is 17.4 Å². The molecule has 0 fully saturated rings. The second-order valence-corrected chi connectivity index (χ2v) is 5.99. The molecule has 0 aliphatic rings. The molecule has 140 valence electrons. The van der Waals surface area contributed by atoms with Gasteiger partial charge in [-0.15, -0.1) is 0 Å². The van der Waals surface area contributed by atoms with Gasteiger partial charge in [0, 0.05) is 24.4 Å². The van der Waals surface area contributed by atoms with Gasteiger partial charge in [0.15, 0.2) is 0 Å². The van der Waals surface area contributed by atoms with Gasteiger partial charge in [0.2, 0.25) is 5.88 Å². The van der Waals surface area contributed by atoms with Crippen LogP contribution in [0.1, 0.15) is 29.4 Å². The van der Waals surface area contributed by atoms with Crippen LogP contribution in [0.2, 0.25) is 0 Å². The number of benzene rings is 1. The summed E-state index contributed by atoms with van der Waals surface area (Å²) in [7, 11) is 1.60. The first-order valence-corrected chi connectivity index (χ1v) is 8.72. The SMILES string of the molecule is CCCn1ncc(C(=O)Nc2ccc(Oc3cccc(OC)c3)nc2)c1C. The first kappa shape index (κ1) is 18.4. The van der Waals surface area contributed by atoms with Gasteiger partial charge >= 0.3 is 0 Å². The molecule has 0 saturated heterocycles. The van der Waals surface area contributed by atoms with Crippen LogP contribution in [-0.2, 0) is 6.54 Å². The standard InChI is InChI=1S/C20H22N4O3/c1-4-10-24-14(2)18(13-22-24)20(25)23-15-8-9-19(21-12-15)27-17-7-5-6-16(11-17)26-3/h5-9,11-13H,4,10H2,1-3H3,(H,23,25). The van der Waals surface area contributed by atoms with Crippen molar-refractivity contribution in [3.63, 3.8) is 0 Å². The maximum absolute atomic E-state index is 12.5. The minimum absolute atomic E-state index is 0.210. The largest absolute Gasteiger partial charge is 0.497 e. The molecule has 0 unspecified atom stereocenters. The quantitative estimate of drug-likeness (QED) is 0.682. The van der Waals surface area contributed by atoms with Crippen molar-refractivity contribution in [3.05, 3.63) is 60.0 Å². The molecule has 0 aliphatic carbocycles. The van der Waals surface area contributed by atoms with E-state index in [-0.39, 0.29) is 5.91 Å². The number of carbonyl (C=O) groups excluding carboxylic acids is 1. The Hall–Kier alpha value is -3.35. The van der Waals surface area contributed by atoms with Crippen LogP contribution < -0.4 is 14.8 Å². The number of anilines is 1. The van der Waals surface area contributed by atoms with Crippen LogP contribution in [0.15, 0.2) is 48.8 Å². The van der Waals surface area contributed by atoms with Crippen molar-refractivity contribution in [2.45, 2.75) is 26.8 Å². The summed E-state index contributed by atoms with van der Waals surface area (Å²) in [5.74, 6) is 1.54. The highest BCUT2D eigenvalue weighted by atomic mass is 16.5. The van der Waals surface area contributed by atoms with E-state index in [1.807, 2.05) is 29.8 Å². The van der Waals surface area contributed by atoms with E-state index in [1.165, 1.54) is 0 Å². The zero-order valence-electron chi connectivity index (χ0n) is 15.6. The average Bonchev–Trinajstić information content (AvgIpc) is 3.04. The van der Waals surface area contributed by atoms with Gasteiger partial charge in [0.1, 0.15) is 11.5 Å². The lowest BCUT2D eigenvalue weighted by Crippen LogP contribution is -2.13. The van der Waals surface area contributed by atoms with Gasteiger partial charge in [0.05, 0.1) is 30.8 Å². The summed E-state index contributed by atoms with van der Waals surface area (Å²) >= 11 is 0. The second-order valence-electron chi connectivity index (χ2n) is 5.99. The van der Waals surface area contributed by atoms with Crippen LogP contribution >= 0.6 is 0 Å². The minimum atomic E-state index is -0.210. The number of aryl methyl sites for hydroxylation is 1. The van der Waals surface area contributed by atoms with Crippen molar-refractivity contribution >= 4 is 11.6 Å². The van der Waals surface area contributed by atoms with E-state index in [4.69, 9.17) is 9.47 Å².